The number of fused-ring (bicyclic) bond motifs is 4. The Morgan fingerprint density at radius 1 is 0.750 bits per heavy atom. The van der Waals surface area contributed by atoms with Crippen molar-refractivity contribution < 1.29 is 9.31 Å². The van der Waals surface area contributed by atoms with Crippen LogP contribution < -0.4 is 5.46 Å². The van der Waals surface area contributed by atoms with E-state index in [4.69, 9.17) is 14.3 Å². The Bertz CT molecular complexity index is 1490. The summed E-state index contributed by atoms with van der Waals surface area (Å²) < 4.78 is 13.8. The van der Waals surface area contributed by atoms with Crippen molar-refractivity contribution in [1.82, 2.24) is 4.98 Å². The van der Waals surface area contributed by atoms with Crippen molar-refractivity contribution in [2.24, 2.45) is 0 Å². The minimum Gasteiger partial charge on any atom is -0.399 e. The van der Waals surface area contributed by atoms with Crippen LogP contribution in [-0.2, 0) is 9.31 Å². The average Bonchev–Trinajstić information content (AvgIpc) is 3.31. The first-order valence-corrected chi connectivity index (χ1v) is 11.8. The van der Waals surface area contributed by atoms with E-state index in [1.54, 1.807) is 11.3 Å². The molecule has 0 atom stereocenters. The molecule has 0 bridgehead atoms. The standard InChI is InChI=1S/C27H24BNO2S/c1-26(2)27(3,4)31-28(30-26)21-13-11-18-12-14-23-24(22(18)16-21)32-25(29-23)20-10-9-17-7-5-6-8-19(17)15-20/h5-16H,1-4H3. The zero-order valence-electron chi connectivity index (χ0n) is 18.7. The van der Waals surface area contributed by atoms with E-state index in [2.05, 4.69) is 100 Å². The second kappa shape index (κ2) is 6.88. The Kier molecular flexibility index (Phi) is 4.29. The number of rotatable bonds is 2. The molecule has 0 unspecified atom stereocenters. The monoisotopic (exact) mass is 437 g/mol. The van der Waals surface area contributed by atoms with Gasteiger partial charge in [-0.2, -0.15) is 0 Å². The van der Waals surface area contributed by atoms with E-state index >= 15 is 0 Å². The maximum atomic E-state index is 6.29. The molecule has 1 aliphatic heterocycles. The molecule has 158 valence electrons. The minimum absolute atomic E-state index is 0.355. The third-order valence-corrected chi connectivity index (χ3v) is 8.07. The van der Waals surface area contributed by atoms with Crippen molar-refractivity contribution >= 4 is 55.7 Å². The fourth-order valence-electron chi connectivity index (χ4n) is 4.29. The highest BCUT2D eigenvalue weighted by Crippen LogP contribution is 2.38. The van der Waals surface area contributed by atoms with Gasteiger partial charge in [-0.25, -0.2) is 4.98 Å². The SMILES string of the molecule is CC1(C)OB(c2ccc3ccc4nc(-c5ccc6ccccc6c5)sc4c3c2)OC1(C)C. The molecule has 0 saturated carbocycles. The van der Waals surface area contributed by atoms with E-state index in [0.29, 0.717) is 0 Å². The Balaban J connectivity index is 1.46. The maximum Gasteiger partial charge on any atom is 0.494 e. The van der Waals surface area contributed by atoms with Gasteiger partial charge in [-0.3, -0.25) is 0 Å². The summed E-state index contributed by atoms with van der Waals surface area (Å²) in [5.74, 6) is 0. The summed E-state index contributed by atoms with van der Waals surface area (Å²) in [6, 6.07) is 25.8. The number of thiazole rings is 1. The third-order valence-electron chi connectivity index (χ3n) is 6.92. The molecule has 6 rings (SSSR count). The van der Waals surface area contributed by atoms with E-state index in [0.717, 1.165) is 21.6 Å². The van der Waals surface area contributed by atoms with Crippen molar-refractivity contribution in [3.05, 3.63) is 72.8 Å². The number of aromatic nitrogens is 1. The van der Waals surface area contributed by atoms with Gasteiger partial charge in [-0.05, 0) is 61.4 Å². The number of hydrogen-bond donors (Lipinski definition) is 0. The van der Waals surface area contributed by atoms with Gasteiger partial charge in [0.1, 0.15) is 5.01 Å². The van der Waals surface area contributed by atoms with Crippen molar-refractivity contribution in [3.8, 4) is 10.6 Å². The van der Waals surface area contributed by atoms with Crippen LogP contribution in [0, 0.1) is 0 Å². The van der Waals surface area contributed by atoms with Gasteiger partial charge in [0.25, 0.3) is 0 Å². The second-order valence-electron chi connectivity index (χ2n) is 9.56. The van der Waals surface area contributed by atoms with Crippen LogP contribution in [0.2, 0.25) is 0 Å². The molecule has 3 nitrogen and oxygen atoms in total. The Morgan fingerprint density at radius 2 is 1.44 bits per heavy atom. The molecule has 5 aromatic rings. The molecule has 0 aliphatic carbocycles. The van der Waals surface area contributed by atoms with Crippen LogP contribution in [0.1, 0.15) is 27.7 Å². The number of nitrogens with zero attached hydrogens (tertiary/aromatic N) is 1. The number of hydrogen-bond acceptors (Lipinski definition) is 4. The van der Waals surface area contributed by atoms with Crippen LogP contribution in [0.4, 0.5) is 0 Å². The fourth-order valence-corrected chi connectivity index (χ4v) is 5.38. The van der Waals surface area contributed by atoms with Crippen LogP contribution in [0.15, 0.2) is 72.8 Å². The molecule has 0 N–H and O–H groups in total. The predicted molar refractivity (Wildman–Crippen MR) is 136 cm³/mol. The summed E-state index contributed by atoms with van der Waals surface area (Å²) in [4.78, 5) is 4.97. The Labute approximate surface area is 192 Å². The maximum absolute atomic E-state index is 6.29. The zero-order valence-corrected chi connectivity index (χ0v) is 19.5. The molecule has 1 aromatic heterocycles. The van der Waals surface area contributed by atoms with Crippen LogP contribution in [-0.4, -0.2) is 23.3 Å². The lowest BCUT2D eigenvalue weighted by Gasteiger charge is -2.32. The summed E-state index contributed by atoms with van der Waals surface area (Å²) >= 11 is 1.75. The highest BCUT2D eigenvalue weighted by atomic mass is 32.1. The van der Waals surface area contributed by atoms with Crippen molar-refractivity contribution in [3.63, 3.8) is 0 Å². The van der Waals surface area contributed by atoms with E-state index in [-0.39, 0.29) is 18.3 Å². The van der Waals surface area contributed by atoms with Crippen molar-refractivity contribution in [2.45, 2.75) is 38.9 Å². The summed E-state index contributed by atoms with van der Waals surface area (Å²) in [7, 11) is -0.368. The fraction of sp³-hybridized carbons (Fsp3) is 0.222. The minimum atomic E-state index is -0.368. The Hall–Kier alpha value is -2.73. The largest absolute Gasteiger partial charge is 0.494 e. The van der Waals surface area contributed by atoms with Gasteiger partial charge in [0.05, 0.1) is 21.4 Å². The molecular formula is C27H24BNO2S. The molecule has 32 heavy (non-hydrogen) atoms. The summed E-state index contributed by atoms with van der Waals surface area (Å²) in [6.45, 7) is 8.35. The topological polar surface area (TPSA) is 31.4 Å². The van der Waals surface area contributed by atoms with Crippen LogP contribution >= 0.6 is 11.3 Å². The van der Waals surface area contributed by atoms with Gasteiger partial charge in [0.15, 0.2) is 0 Å². The van der Waals surface area contributed by atoms with Gasteiger partial charge >= 0.3 is 7.12 Å². The molecule has 0 amide bonds. The molecule has 1 aliphatic rings. The molecule has 1 fully saturated rings. The lowest BCUT2D eigenvalue weighted by molar-refractivity contribution is 0.00578. The van der Waals surface area contributed by atoms with Gasteiger partial charge in [-0.1, -0.05) is 60.7 Å². The molecule has 4 aromatic carbocycles. The normalized spacial score (nSPS) is 17.6. The Morgan fingerprint density at radius 3 is 2.22 bits per heavy atom. The van der Waals surface area contributed by atoms with Crippen LogP contribution in [0.3, 0.4) is 0 Å². The highest BCUT2D eigenvalue weighted by Gasteiger charge is 2.51. The lowest BCUT2D eigenvalue weighted by atomic mass is 9.78. The first-order valence-electron chi connectivity index (χ1n) is 11.0. The second-order valence-corrected chi connectivity index (χ2v) is 10.6. The van der Waals surface area contributed by atoms with E-state index in [1.165, 1.54) is 26.2 Å². The predicted octanol–water partition coefficient (Wildman–Crippen LogP) is 6.57. The van der Waals surface area contributed by atoms with E-state index in [9.17, 15) is 0 Å². The molecule has 0 radical (unpaired) electrons. The van der Waals surface area contributed by atoms with Crippen LogP contribution in [0.25, 0.3) is 42.3 Å². The lowest BCUT2D eigenvalue weighted by Crippen LogP contribution is -2.41. The molecular weight excluding hydrogens is 413 g/mol. The first-order chi connectivity index (χ1) is 15.3. The van der Waals surface area contributed by atoms with Gasteiger partial charge in [-0.15, -0.1) is 11.3 Å². The smallest absolute Gasteiger partial charge is 0.399 e. The van der Waals surface area contributed by atoms with Crippen molar-refractivity contribution in [2.75, 3.05) is 0 Å². The van der Waals surface area contributed by atoms with Gasteiger partial charge < -0.3 is 9.31 Å². The molecule has 0 spiro atoms. The quantitative estimate of drug-likeness (QED) is 0.293. The first kappa shape index (κ1) is 19.9. The molecule has 2 heterocycles. The third kappa shape index (κ3) is 3.07. The summed E-state index contributed by atoms with van der Waals surface area (Å²) in [6.07, 6.45) is 0. The summed E-state index contributed by atoms with van der Waals surface area (Å²) in [5.41, 5.74) is 2.51. The van der Waals surface area contributed by atoms with Gasteiger partial charge in [0, 0.05) is 10.9 Å². The van der Waals surface area contributed by atoms with E-state index < -0.39 is 0 Å². The molecule has 1 saturated heterocycles. The van der Waals surface area contributed by atoms with E-state index in [1.807, 2.05) is 0 Å². The van der Waals surface area contributed by atoms with Gasteiger partial charge in [0.2, 0.25) is 0 Å². The van der Waals surface area contributed by atoms with Crippen molar-refractivity contribution in [1.29, 1.82) is 0 Å². The highest BCUT2D eigenvalue weighted by molar-refractivity contribution is 7.22. The molecule has 5 heteroatoms. The van der Waals surface area contributed by atoms with Crippen LogP contribution in [0.5, 0.6) is 0 Å². The number of benzene rings is 4. The zero-order chi connectivity index (χ0) is 22.1. The average molecular weight is 437 g/mol. The summed E-state index contributed by atoms with van der Waals surface area (Å²) in [5, 5.41) is 5.91.